The number of hydrogen-bond acceptors (Lipinski definition) is 3. The Balaban J connectivity index is 1.81. The van der Waals surface area contributed by atoms with E-state index >= 15 is 0 Å². The van der Waals surface area contributed by atoms with Crippen LogP contribution < -0.4 is 5.32 Å². The van der Waals surface area contributed by atoms with E-state index in [-0.39, 0.29) is 11.2 Å². The van der Waals surface area contributed by atoms with Gasteiger partial charge in [-0.25, -0.2) is 4.98 Å². The molecular weight excluding hydrogens is 354 g/mol. The lowest BCUT2D eigenvalue weighted by Crippen LogP contribution is -2.22. The minimum atomic E-state index is -0.261. The number of thioether (sulfide) groups is 1. The van der Waals surface area contributed by atoms with Crippen molar-refractivity contribution < 1.29 is 4.79 Å². The Hall–Kier alpha value is -1.98. The Morgan fingerprint density at radius 2 is 2.04 bits per heavy atom. The highest BCUT2D eigenvalue weighted by atomic mass is 35.5. The number of aromatic nitrogens is 2. The van der Waals surface area contributed by atoms with Gasteiger partial charge in [-0.05, 0) is 43.7 Å². The van der Waals surface area contributed by atoms with Gasteiger partial charge >= 0.3 is 0 Å². The van der Waals surface area contributed by atoms with Gasteiger partial charge in [-0.15, -0.1) is 0 Å². The van der Waals surface area contributed by atoms with Gasteiger partial charge in [0.1, 0.15) is 0 Å². The van der Waals surface area contributed by atoms with Crippen molar-refractivity contribution in [1.82, 2.24) is 9.55 Å². The topological polar surface area (TPSA) is 46.9 Å². The highest BCUT2D eigenvalue weighted by Gasteiger charge is 2.19. The third-order valence-corrected chi connectivity index (χ3v) is 5.14. The first kappa shape index (κ1) is 17.8. The number of imidazole rings is 1. The van der Waals surface area contributed by atoms with Gasteiger partial charge in [0.25, 0.3) is 0 Å². The molecule has 1 heterocycles. The molecule has 1 amide bonds. The molecule has 0 saturated heterocycles. The average molecular weight is 374 g/mol. The Kier molecular flexibility index (Phi) is 5.66. The number of nitrogens with one attached hydrogen (secondary N) is 1. The third kappa shape index (κ3) is 4.17. The molecule has 0 bridgehead atoms. The molecule has 0 saturated carbocycles. The number of anilines is 1. The fourth-order valence-electron chi connectivity index (χ4n) is 2.59. The molecule has 2 aromatic carbocycles. The molecule has 1 atom stereocenters. The average Bonchev–Trinajstić information content (AvgIpc) is 2.92. The van der Waals surface area contributed by atoms with Gasteiger partial charge < -0.3 is 9.88 Å². The van der Waals surface area contributed by atoms with Crippen molar-refractivity contribution in [3.8, 4) is 0 Å². The maximum Gasteiger partial charge on any atom is 0.237 e. The van der Waals surface area contributed by atoms with Gasteiger partial charge in [0.15, 0.2) is 5.16 Å². The van der Waals surface area contributed by atoms with Crippen LogP contribution in [0.3, 0.4) is 0 Å². The lowest BCUT2D eigenvalue weighted by Gasteiger charge is -2.13. The first-order chi connectivity index (χ1) is 12.1. The van der Waals surface area contributed by atoms with E-state index in [0.29, 0.717) is 5.02 Å². The van der Waals surface area contributed by atoms with Gasteiger partial charge in [-0.2, -0.15) is 0 Å². The predicted octanol–water partition coefficient (Wildman–Crippen LogP) is 5.22. The number of nitrogens with zero attached hydrogens (tertiary/aromatic N) is 2. The molecule has 0 spiro atoms. The fraction of sp³-hybridized carbons (Fsp3) is 0.263. The Morgan fingerprint density at radius 1 is 1.28 bits per heavy atom. The summed E-state index contributed by atoms with van der Waals surface area (Å²) >= 11 is 7.55. The minimum Gasteiger partial charge on any atom is -0.325 e. The first-order valence-electron chi connectivity index (χ1n) is 8.27. The van der Waals surface area contributed by atoms with E-state index < -0.39 is 0 Å². The SMILES string of the molecule is CCCn1c(S[C@@H](C)C(=O)Nc2ccccc2)nc2cc(Cl)ccc21. The zero-order chi connectivity index (χ0) is 17.8. The summed E-state index contributed by atoms with van der Waals surface area (Å²) in [5.74, 6) is -0.0377. The van der Waals surface area contributed by atoms with Gasteiger partial charge in [-0.1, -0.05) is 48.5 Å². The highest BCUT2D eigenvalue weighted by Crippen LogP contribution is 2.29. The van der Waals surface area contributed by atoms with E-state index in [4.69, 9.17) is 11.6 Å². The number of carbonyl (C=O) groups excluding carboxylic acids is 1. The second kappa shape index (κ2) is 7.93. The molecule has 4 nitrogen and oxygen atoms in total. The van der Waals surface area contributed by atoms with Crippen molar-refractivity contribution in [2.75, 3.05) is 5.32 Å². The van der Waals surface area contributed by atoms with E-state index in [1.807, 2.05) is 55.5 Å². The summed E-state index contributed by atoms with van der Waals surface area (Å²) in [7, 11) is 0. The second-order valence-electron chi connectivity index (χ2n) is 5.79. The largest absolute Gasteiger partial charge is 0.325 e. The maximum atomic E-state index is 12.5. The van der Waals surface area contributed by atoms with Crippen LogP contribution >= 0.6 is 23.4 Å². The van der Waals surface area contributed by atoms with Crippen LogP contribution in [0.2, 0.25) is 5.02 Å². The van der Waals surface area contributed by atoms with Crippen LogP contribution in [0.4, 0.5) is 5.69 Å². The number of hydrogen-bond donors (Lipinski definition) is 1. The predicted molar refractivity (Wildman–Crippen MR) is 105 cm³/mol. The minimum absolute atomic E-state index is 0.0377. The van der Waals surface area contributed by atoms with Crippen molar-refractivity contribution in [2.45, 2.75) is 37.2 Å². The number of carbonyl (C=O) groups is 1. The zero-order valence-corrected chi connectivity index (χ0v) is 15.8. The number of amides is 1. The van der Waals surface area contributed by atoms with E-state index in [1.54, 1.807) is 0 Å². The van der Waals surface area contributed by atoms with Crippen LogP contribution in [-0.2, 0) is 11.3 Å². The number of aryl methyl sites for hydroxylation is 1. The van der Waals surface area contributed by atoms with Gasteiger partial charge in [0.2, 0.25) is 5.91 Å². The van der Waals surface area contributed by atoms with Crippen LogP contribution in [0.25, 0.3) is 11.0 Å². The van der Waals surface area contributed by atoms with Crippen LogP contribution in [0, 0.1) is 0 Å². The number of rotatable bonds is 6. The summed E-state index contributed by atoms with van der Waals surface area (Å²) < 4.78 is 2.16. The molecule has 3 rings (SSSR count). The lowest BCUT2D eigenvalue weighted by atomic mass is 10.3. The molecule has 25 heavy (non-hydrogen) atoms. The maximum absolute atomic E-state index is 12.5. The molecule has 1 N–H and O–H groups in total. The van der Waals surface area contributed by atoms with Crippen molar-refractivity contribution in [3.63, 3.8) is 0 Å². The molecule has 130 valence electrons. The van der Waals surface area contributed by atoms with Crippen molar-refractivity contribution >= 4 is 46.0 Å². The molecule has 0 aliphatic carbocycles. The monoisotopic (exact) mass is 373 g/mol. The first-order valence-corrected chi connectivity index (χ1v) is 9.52. The lowest BCUT2D eigenvalue weighted by molar-refractivity contribution is -0.115. The summed E-state index contributed by atoms with van der Waals surface area (Å²) in [6, 6.07) is 15.2. The van der Waals surface area contributed by atoms with Crippen LogP contribution in [-0.4, -0.2) is 20.7 Å². The van der Waals surface area contributed by atoms with E-state index in [9.17, 15) is 4.79 Å². The Morgan fingerprint density at radius 3 is 2.76 bits per heavy atom. The van der Waals surface area contributed by atoms with Crippen LogP contribution in [0.1, 0.15) is 20.3 Å². The molecule has 1 aromatic heterocycles. The summed E-state index contributed by atoms with van der Waals surface area (Å²) in [5, 5.41) is 4.19. The highest BCUT2D eigenvalue weighted by molar-refractivity contribution is 8.00. The smallest absolute Gasteiger partial charge is 0.237 e. The van der Waals surface area contributed by atoms with Crippen molar-refractivity contribution in [1.29, 1.82) is 0 Å². The normalized spacial score (nSPS) is 12.3. The van der Waals surface area contributed by atoms with Crippen LogP contribution in [0.5, 0.6) is 0 Å². The molecular formula is C19H20ClN3OS. The standard InChI is InChI=1S/C19H20ClN3OS/c1-3-11-23-17-10-9-14(20)12-16(17)22-19(23)25-13(2)18(24)21-15-7-5-4-6-8-15/h4-10,12-13H,3,11H2,1-2H3,(H,21,24)/t13-/m0/s1. The number of benzene rings is 2. The van der Waals surface area contributed by atoms with Gasteiger partial charge in [0, 0.05) is 17.3 Å². The van der Waals surface area contributed by atoms with E-state index in [0.717, 1.165) is 34.8 Å². The number of para-hydroxylation sites is 1. The summed E-state index contributed by atoms with van der Waals surface area (Å²) in [4.78, 5) is 17.1. The van der Waals surface area contributed by atoms with Gasteiger partial charge in [-0.3, -0.25) is 4.79 Å². The summed E-state index contributed by atoms with van der Waals surface area (Å²) in [5.41, 5.74) is 2.71. The molecule has 0 aliphatic rings. The number of fused-ring (bicyclic) bond motifs is 1. The van der Waals surface area contributed by atoms with Crippen molar-refractivity contribution in [2.24, 2.45) is 0 Å². The second-order valence-corrected chi connectivity index (χ2v) is 7.54. The molecule has 0 unspecified atom stereocenters. The zero-order valence-electron chi connectivity index (χ0n) is 14.2. The number of halogens is 1. The summed E-state index contributed by atoms with van der Waals surface area (Å²) in [6.07, 6.45) is 0.992. The van der Waals surface area contributed by atoms with Crippen LogP contribution in [0.15, 0.2) is 53.7 Å². The fourth-order valence-corrected chi connectivity index (χ4v) is 3.70. The van der Waals surface area contributed by atoms with Crippen molar-refractivity contribution in [3.05, 3.63) is 53.6 Å². The molecule has 0 fully saturated rings. The Labute approximate surface area is 156 Å². The molecule has 0 radical (unpaired) electrons. The molecule has 0 aliphatic heterocycles. The molecule has 3 aromatic rings. The quantitative estimate of drug-likeness (QED) is 0.602. The third-order valence-electron chi connectivity index (χ3n) is 3.82. The molecule has 6 heteroatoms. The van der Waals surface area contributed by atoms with E-state index in [1.165, 1.54) is 11.8 Å². The van der Waals surface area contributed by atoms with Gasteiger partial charge in [0.05, 0.1) is 16.3 Å². The summed E-state index contributed by atoms with van der Waals surface area (Å²) in [6.45, 7) is 4.88. The Bertz CT molecular complexity index is 879. The van der Waals surface area contributed by atoms with E-state index in [2.05, 4.69) is 21.8 Å².